The highest BCUT2D eigenvalue weighted by Gasteiger charge is 2.05. The SMILES string of the molecule is CCCNC(=O)OC(C)C#N. The standard InChI is InChI=1S/C7H12N2O2/c1-3-4-9-7(10)11-6(2)5-8/h6H,3-4H2,1-2H3,(H,9,10). The molecule has 62 valence electrons. The summed E-state index contributed by atoms with van der Waals surface area (Å²) in [4.78, 5) is 10.7. The highest BCUT2D eigenvalue weighted by molar-refractivity contribution is 5.67. The molecule has 1 atom stereocenters. The number of nitrogens with zero attached hydrogens (tertiary/aromatic N) is 1. The first kappa shape index (κ1) is 9.76. The van der Waals surface area contributed by atoms with Crippen LogP contribution in [0.1, 0.15) is 20.3 Å². The third kappa shape index (κ3) is 5.22. The first-order valence-corrected chi connectivity index (χ1v) is 3.54. The van der Waals surface area contributed by atoms with Crippen molar-refractivity contribution in [3.05, 3.63) is 0 Å². The second-order valence-electron chi connectivity index (χ2n) is 2.10. The normalized spacial score (nSPS) is 11.4. The summed E-state index contributed by atoms with van der Waals surface area (Å²) in [7, 11) is 0. The van der Waals surface area contributed by atoms with Crippen molar-refractivity contribution in [3.63, 3.8) is 0 Å². The Morgan fingerprint density at radius 1 is 1.82 bits per heavy atom. The van der Waals surface area contributed by atoms with Crippen LogP contribution >= 0.6 is 0 Å². The van der Waals surface area contributed by atoms with Crippen molar-refractivity contribution in [2.45, 2.75) is 26.4 Å². The van der Waals surface area contributed by atoms with Crippen molar-refractivity contribution in [1.29, 1.82) is 5.26 Å². The fraction of sp³-hybridized carbons (Fsp3) is 0.714. The molecule has 4 nitrogen and oxygen atoms in total. The third-order valence-electron chi connectivity index (χ3n) is 0.985. The molecule has 0 spiro atoms. The highest BCUT2D eigenvalue weighted by Crippen LogP contribution is 1.87. The fourth-order valence-corrected chi connectivity index (χ4v) is 0.456. The molecule has 0 radical (unpaired) electrons. The van der Waals surface area contributed by atoms with E-state index >= 15 is 0 Å². The summed E-state index contributed by atoms with van der Waals surface area (Å²) in [5.41, 5.74) is 0. The molecule has 0 aliphatic heterocycles. The number of carbonyl (C=O) groups is 1. The summed E-state index contributed by atoms with van der Waals surface area (Å²) in [6, 6.07) is 1.79. The van der Waals surface area contributed by atoms with Crippen molar-refractivity contribution in [2.24, 2.45) is 0 Å². The van der Waals surface area contributed by atoms with Gasteiger partial charge in [-0.05, 0) is 13.3 Å². The zero-order valence-electron chi connectivity index (χ0n) is 6.76. The van der Waals surface area contributed by atoms with Crippen LogP contribution in [0.2, 0.25) is 0 Å². The van der Waals surface area contributed by atoms with E-state index < -0.39 is 12.2 Å². The summed E-state index contributed by atoms with van der Waals surface area (Å²) in [6.45, 7) is 4.04. The van der Waals surface area contributed by atoms with Gasteiger partial charge >= 0.3 is 6.09 Å². The maximum atomic E-state index is 10.7. The number of carbonyl (C=O) groups excluding carboxylic acids is 1. The minimum absolute atomic E-state index is 0.527. The van der Waals surface area contributed by atoms with Crippen molar-refractivity contribution in [1.82, 2.24) is 5.32 Å². The van der Waals surface area contributed by atoms with Crippen LogP contribution in [0, 0.1) is 11.3 Å². The van der Waals surface area contributed by atoms with E-state index in [4.69, 9.17) is 5.26 Å². The van der Waals surface area contributed by atoms with E-state index in [2.05, 4.69) is 10.1 Å². The predicted octanol–water partition coefficient (Wildman–Crippen LogP) is 1.03. The van der Waals surface area contributed by atoms with Crippen LogP contribution in [0.5, 0.6) is 0 Å². The summed E-state index contributed by atoms with van der Waals surface area (Å²) >= 11 is 0. The number of rotatable bonds is 3. The van der Waals surface area contributed by atoms with Crippen LogP contribution in [0.3, 0.4) is 0 Å². The van der Waals surface area contributed by atoms with Crippen molar-refractivity contribution in [2.75, 3.05) is 6.54 Å². The largest absolute Gasteiger partial charge is 0.431 e. The Morgan fingerprint density at radius 3 is 2.91 bits per heavy atom. The fourth-order valence-electron chi connectivity index (χ4n) is 0.456. The second kappa shape index (κ2) is 5.54. The van der Waals surface area contributed by atoms with Crippen molar-refractivity contribution >= 4 is 6.09 Å². The Balaban J connectivity index is 3.46. The summed E-state index contributed by atoms with van der Waals surface area (Å²) in [5, 5.41) is 10.7. The van der Waals surface area contributed by atoms with Crippen LogP contribution in [-0.4, -0.2) is 18.7 Å². The van der Waals surface area contributed by atoms with Crippen LogP contribution < -0.4 is 5.32 Å². The second-order valence-corrected chi connectivity index (χ2v) is 2.10. The van der Waals surface area contributed by atoms with Crippen molar-refractivity contribution in [3.8, 4) is 6.07 Å². The molecule has 0 heterocycles. The van der Waals surface area contributed by atoms with Gasteiger partial charge in [-0.3, -0.25) is 0 Å². The molecule has 0 aliphatic carbocycles. The predicted molar refractivity (Wildman–Crippen MR) is 39.8 cm³/mol. The molecular formula is C7H12N2O2. The Labute approximate surface area is 66.1 Å². The number of hydrogen-bond acceptors (Lipinski definition) is 3. The van der Waals surface area contributed by atoms with E-state index in [9.17, 15) is 4.79 Å². The Kier molecular flexibility index (Phi) is 4.91. The minimum Gasteiger partial charge on any atom is -0.431 e. The molecule has 0 aromatic heterocycles. The lowest BCUT2D eigenvalue weighted by molar-refractivity contribution is 0.130. The molecule has 1 amide bonds. The lowest BCUT2D eigenvalue weighted by Crippen LogP contribution is -2.27. The number of nitriles is 1. The van der Waals surface area contributed by atoms with E-state index in [1.165, 1.54) is 6.92 Å². The number of alkyl carbamates (subject to hydrolysis) is 1. The van der Waals surface area contributed by atoms with E-state index in [1.807, 2.05) is 6.92 Å². The van der Waals surface area contributed by atoms with Gasteiger partial charge in [0.2, 0.25) is 0 Å². The molecule has 0 rings (SSSR count). The lowest BCUT2D eigenvalue weighted by Gasteiger charge is -2.05. The van der Waals surface area contributed by atoms with Gasteiger partial charge in [0.15, 0.2) is 6.10 Å². The van der Waals surface area contributed by atoms with Gasteiger partial charge < -0.3 is 10.1 Å². The summed E-state index contributed by atoms with van der Waals surface area (Å²) in [5.74, 6) is 0. The summed E-state index contributed by atoms with van der Waals surface area (Å²) < 4.78 is 4.59. The maximum absolute atomic E-state index is 10.7. The minimum atomic E-state index is -0.674. The number of ether oxygens (including phenoxy) is 1. The van der Waals surface area contributed by atoms with Gasteiger partial charge in [0.25, 0.3) is 0 Å². The number of amides is 1. The first-order valence-electron chi connectivity index (χ1n) is 3.54. The average molecular weight is 156 g/mol. The van der Waals surface area contributed by atoms with Gasteiger partial charge in [-0.1, -0.05) is 6.92 Å². The average Bonchev–Trinajstić information content (AvgIpc) is 2.00. The first-order chi connectivity index (χ1) is 5.20. The maximum Gasteiger partial charge on any atom is 0.408 e. The Bertz CT molecular complexity index is 162. The summed E-state index contributed by atoms with van der Waals surface area (Å²) in [6.07, 6.45) is -0.344. The van der Waals surface area contributed by atoms with Crippen molar-refractivity contribution < 1.29 is 9.53 Å². The van der Waals surface area contributed by atoms with Gasteiger partial charge in [-0.25, -0.2) is 4.79 Å². The van der Waals surface area contributed by atoms with Gasteiger partial charge in [-0.2, -0.15) is 5.26 Å². The van der Waals surface area contributed by atoms with Crippen LogP contribution in [0.4, 0.5) is 4.79 Å². The van der Waals surface area contributed by atoms with Gasteiger partial charge in [-0.15, -0.1) is 0 Å². The molecule has 0 aliphatic rings. The molecule has 0 fully saturated rings. The molecule has 11 heavy (non-hydrogen) atoms. The van der Waals surface area contributed by atoms with Crippen LogP contribution in [-0.2, 0) is 4.74 Å². The Hall–Kier alpha value is -1.24. The molecule has 4 heteroatoms. The van der Waals surface area contributed by atoms with Gasteiger partial charge in [0, 0.05) is 6.54 Å². The lowest BCUT2D eigenvalue weighted by atomic mass is 10.5. The molecular weight excluding hydrogens is 144 g/mol. The molecule has 0 saturated heterocycles. The molecule has 1 N–H and O–H groups in total. The van der Waals surface area contributed by atoms with Crippen LogP contribution in [0.15, 0.2) is 0 Å². The quantitative estimate of drug-likeness (QED) is 0.663. The molecule has 0 aromatic rings. The molecule has 0 saturated carbocycles. The molecule has 1 unspecified atom stereocenters. The van der Waals surface area contributed by atoms with Gasteiger partial charge in [0.1, 0.15) is 6.07 Å². The number of hydrogen-bond donors (Lipinski definition) is 1. The molecule has 0 bridgehead atoms. The highest BCUT2D eigenvalue weighted by atomic mass is 16.6. The smallest absolute Gasteiger partial charge is 0.408 e. The third-order valence-corrected chi connectivity index (χ3v) is 0.985. The number of nitrogens with one attached hydrogen (secondary N) is 1. The topological polar surface area (TPSA) is 62.1 Å². The Morgan fingerprint density at radius 2 is 2.45 bits per heavy atom. The van der Waals surface area contributed by atoms with E-state index in [0.29, 0.717) is 6.54 Å². The zero-order chi connectivity index (χ0) is 8.69. The van der Waals surface area contributed by atoms with E-state index in [1.54, 1.807) is 6.07 Å². The van der Waals surface area contributed by atoms with Gasteiger partial charge in [0.05, 0.1) is 0 Å². The van der Waals surface area contributed by atoms with E-state index in [0.717, 1.165) is 6.42 Å². The van der Waals surface area contributed by atoms with E-state index in [-0.39, 0.29) is 0 Å². The van der Waals surface area contributed by atoms with Crippen LogP contribution in [0.25, 0.3) is 0 Å². The monoisotopic (exact) mass is 156 g/mol. The molecule has 0 aromatic carbocycles. The zero-order valence-corrected chi connectivity index (χ0v) is 6.76.